The molecule has 1 fully saturated rings. The minimum absolute atomic E-state index is 0.161. The van der Waals surface area contributed by atoms with Gasteiger partial charge in [0, 0.05) is 22.4 Å². The lowest BCUT2D eigenvalue weighted by atomic mass is 9.72. The first kappa shape index (κ1) is 19.4. The molecule has 1 aliphatic rings. The molecule has 6 heteroatoms. The second-order valence-electron chi connectivity index (χ2n) is 8.84. The Morgan fingerprint density at radius 3 is 2.53 bits per heavy atom. The summed E-state index contributed by atoms with van der Waals surface area (Å²) in [7, 11) is 0. The molecule has 1 N–H and O–H groups in total. The van der Waals surface area contributed by atoms with Crippen molar-refractivity contribution < 1.29 is 5.11 Å². The average molecular weight is 441 g/mol. The van der Waals surface area contributed by atoms with Gasteiger partial charge >= 0.3 is 0 Å². The average Bonchev–Trinajstić information content (AvgIpc) is 3.18. The lowest BCUT2D eigenvalue weighted by Crippen LogP contribution is -2.40. The number of imidazole rings is 1. The molecule has 32 heavy (non-hydrogen) atoms. The fraction of sp³-hybridized carbons (Fsp3) is 0.192. The Balaban J connectivity index is 1.50. The summed E-state index contributed by atoms with van der Waals surface area (Å²) in [6.07, 6.45) is 4.77. The van der Waals surface area contributed by atoms with Crippen molar-refractivity contribution in [1.82, 2.24) is 19.4 Å². The molecule has 5 nitrogen and oxygen atoms in total. The highest BCUT2D eigenvalue weighted by Crippen LogP contribution is 2.45. The van der Waals surface area contributed by atoms with Gasteiger partial charge in [0.15, 0.2) is 0 Å². The van der Waals surface area contributed by atoms with E-state index in [1.54, 1.807) is 12.4 Å². The Bertz CT molecular complexity index is 1470. The van der Waals surface area contributed by atoms with E-state index in [1.165, 1.54) is 0 Å². The number of hydrogen-bond donors (Lipinski definition) is 1. The van der Waals surface area contributed by atoms with E-state index in [2.05, 4.69) is 41.4 Å². The zero-order valence-corrected chi connectivity index (χ0v) is 18.3. The van der Waals surface area contributed by atoms with Crippen molar-refractivity contribution in [3.63, 3.8) is 0 Å². The molecular formula is C26H21ClN4O. The summed E-state index contributed by atoms with van der Waals surface area (Å²) in [5.41, 5.74) is 4.95. The van der Waals surface area contributed by atoms with E-state index >= 15 is 0 Å². The number of pyridine rings is 1. The number of nitrogens with zero attached hydrogens (tertiary/aromatic N) is 4. The van der Waals surface area contributed by atoms with Gasteiger partial charge in [-0.25, -0.2) is 9.97 Å². The summed E-state index contributed by atoms with van der Waals surface area (Å²) >= 11 is 6.53. The number of halogens is 1. The van der Waals surface area contributed by atoms with Gasteiger partial charge in [-0.15, -0.1) is 0 Å². The number of benzene rings is 2. The first-order chi connectivity index (χ1) is 15.5. The minimum atomic E-state index is -0.642. The quantitative estimate of drug-likeness (QED) is 0.379. The summed E-state index contributed by atoms with van der Waals surface area (Å²) in [5, 5.41) is 11.9. The second-order valence-corrected chi connectivity index (χ2v) is 9.23. The molecule has 6 rings (SSSR count). The first-order valence-electron chi connectivity index (χ1n) is 10.7. The van der Waals surface area contributed by atoms with E-state index < -0.39 is 5.60 Å². The number of aromatic nitrogens is 4. The molecule has 0 atom stereocenters. The molecule has 3 heterocycles. The van der Waals surface area contributed by atoms with Gasteiger partial charge in [-0.3, -0.25) is 9.38 Å². The van der Waals surface area contributed by atoms with Gasteiger partial charge in [-0.05, 0) is 31.9 Å². The molecule has 1 saturated carbocycles. The van der Waals surface area contributed by atoms with Crippen LogP contribution >= 0.6 is 11.6 Å². The molecular weight excluding hydrogens is 420 g/mol. The fourth-order valence-electron chi connectivity index (χ4n) is 4.73. The monoisotopic (exact) mass is 440 g/mol. The summed E-state index contributed by atoms with van der Waals surface area (Å²) < 4.78 is 1.96. The van der Waals surface area contributed by atoms with Crippen LogP contribution in [0.5, 0.6) is 0 Å². The third kappa shape index (κ3) is 3.17. The Hall–Kier alpha value is -3.28. The van der Waals surface area contributed by atoms with Crippen molar-refractivity contribution in [2.45, 2.75) is 31.3 Å². The Kier molecular flexibility index (Phi) is 4.32. The number of fused-ring (bicyclic) bond motifs is 2. The first-order valence-corrected chi connectivity index (χ1v) is 11.1. The predicted molar refractivity (Wildman–Crippen MR) is 127 cm³/mol. The van der Waals surface area contributed by atoms with Crippen molar-refractivity contribution in [3.05, 3.63) is 84.0 Å². The summed E-state index contributed by atoms with van der Waals surface area (Å²) in [4.78, 5) is 14.2. The standard InChI is InChI=1S/C26H21ClN4O/c1-26(32)12-19(13-26)25-30-24(22-14-28-15-23(27)31(22)25)18-8-7-17-9-10-20(29-21(17)11-18)16-5-3-2-4-6-16/h2-11,14-15,19,32H,12-13H2,1H3. The topological polar surface area (TPSA) is 63.3 Å². The van der Waals surface area contributed by atoms with Crippen LogP contribution in [0.1, 0.15) is 31.5 Å². The lowest BCUT2D eigenvalue weighted by molar-refractivity contribution is -0.0335. The predicted octanol–water partition coefficient (Wildman–Crippen LogP) is 5.89. The molecule has 158 valence electrons. The van der Waals surface area contributed by atoms with E-state index in [1.807, 2.05) is 35.6 Å². The van der Waals surface area contributed by atoms with Crippen molar-refractivity contribution in [2.24, 2.45) is 0 Å². The van der Waals surface area contributed by atoms with Crippen LogP contribution in [-0.4, -0.2) is 30.1 Å². The van der Waals surface area contributed by atoms with Gasteiger partial charge in [0.1, 0.15) is 11.0 Å². The maximum atomic E-state index is 10.3. The zero-order chi connectivity index (χ0) is 21.9. The highest BCUT2D eigenvalue weighted by molar-refractivity contribution is 6.29. The number of hydrogen-bond acceptors (Lipinski definition) is 4. The van der Waals surface area contributed by atoms with Gasteiger partial charge in [-0.2, -0.15) is 0 Å². The van der Waals surface area contributed by atoms with Gasteiger partial charge in [0.25, 0.3) is 0 Å². The third-order valence-corrected chi connectivity index (χ3v) is 6.57. The fourth-order valence-corrected chi connectivity index (χ4v) is 4.96. The SMILES string of the molecule is CC1(O)CC(c2nc(-c3ccc4ccc(-c5ccccc5)nc4c3)c3cncc(Cl)n23)C1. The molecule has 1 aliphatic carbocycles. The summed E-state index contributed by atoms with van der Waals surface area (Å²) in [6, 6.07) is 20.5. The molecule has 5 aromatic rings. The van der Waals surface area contributed by atoms with Crippen LogP contribution in [0.3, 0.4) is 0 Å². The van der Waals surface area contributed by atoms with Crippen molar-refractivity contribution in [1.29, 1.82) is 0 Å². The van der Waals surface area contributed by atoms with Gasteiger partial charge in [-0.1, -0.05) is 60.1 Å². The molecule has 0 spiro atoms. The Labute approximate surface area is 190 Å². The van der Waals surface area contributed by atoms with E-state index in [-0.39, 0.29) is 5.92 Å². The van der Waals surface area contributed by atoms with Crippen molar-refractivity contribution in [3.8, 4) is 22.5 Å². The molecule has 0 saturated heterocycles. The molecule has 0 radical (unpaired) electrons. The van der Waals surface area contributed by atoms with Crippen LogP contribution in [0, 0.1) is 0 Å². The van der Waals surface area contributed by atoms with Gasteiger partial charge in [0.05, 0.1) is 40.4 Å². The number of rotatable bonds is 3. The highest BCUT2D eigenvalue weighted by Gasteiger charge is 2.41. The molecule has 3 aromatic heterocycles. The van der Waals surface area contributed by atoms with Crippen molar-refractivity contribution >= 4 is 28.0 Å². The third-order valence-electron chi connectivity index (χ3n) is 6.30. The smallest absolute Gasteiger partial charge is 0.133 e. The minimum Gasteiger partial charge on any atom is -0.390 e. The maximum Gasteiger partial charge on any atom is 0.133 e. The van der Waals surface area contributed by atoms with Crippen LogP contribution in [0.2, 0.25) is 5.15 Å². The van der Waals surface area contributed by atoms with Crippen LogP contribution in [0.4, 0.5) is 0 Å². The largest absolute Gasteiger partial charge is 0.390 e. The van der Waals surface area contributed by atoms with Crippen LogP contribution < -0.4 is 0 Å². The molecule has 0 unspecified atom stereocenters. The Morgan fingerprint density at radius 1 is 0.969 bits per heavy atom. The van der Waals surface area contributed by atoms with E-state index in [0.29, 0.717) is 18.0 Å². The number of aliphatic hydroxyl groups is 1. The van der Waals surface area contributed by atoms with Crippen molar-refractivity contribution in [2.75, 3.05) is 0 Å². The summed E-state index contributed by atoms with van der Waals surface area (Å²) in [6.45, 7) is 1.86. The van der Waals surface area contributed by atoms with Crippen LogP contribution in [-0.2, 0) is 0 Å². The normalized spacial score (nSPS) is 20.5. The van der Waals surface area contributed by atoms with E-state index in [9.17, 15) is 5.11 Å². The summed E-state index contributed by atoms with van der Waals surface area (Å²) in [5.74, 6) is 1.04. The van der Waals surface area contributed by atoms with Gasteiger partial charge in [0.2, 0.25) is 0 Å². The van der Waals surface area contributed by atoms with Crippen LogP contribution in [0.25, 0.3) is 38.9 Å². The van der Waals surface area contributed by atoms with Gasteiger partial charge < -0.3 is 5.11 Å². The Morgan fingerprint density at radius 2 is 1.75 bits per heavy atom. The van der Waals surface area contributed by atoms with E-state index in [0.717, 1.165) is 44.8 Å². The highest BCUT2D eigenvalue weighted by atomic mass is 35.5. The lowest BCUT2D eigenvalue weighted by Gasteiger charge is -2.40. The molecule has 2 aromatic carbocycles. The molecule has 0 amide bonds. The zero-order valence-electron chi connectivity index (χ0n) is 17.5. The second kappa shape index (κ2) is 7.12. The molecule has 0 aliphatic heterocycles. The molecule has 0 bridgehead atoms. The van der Waals surface area contributed by atoms with E-state index in [4.69, 9.17) is 21.6 Å². The van der Waals surface area contributed by atoms with Crippen LogP contribution in [0.15, 0.2) is 73.1 Å². The maximum absolute atomic E-state index is 10.3.